The first kappa shape index (κ1) is 20.5. The average molecular weight is 413 g/mol. The minimum absolute atomic E-state index is 0.0497. The van der Waals surface area contributed by atoms with E-state index >= 15 is 0 Å². The summed E-state index contributed by atoms with van der Waals surface area (Å²) in [6, 6.07) is 15.9. The minimum atomic E-state index is -0.383. The van der Waals surface area contributed by atoms with Crippen molar-refractivity contribution in [2.45, 2.75) is 25.8 Å². The van der Waals surface area contributed by atoms with Crippen molar-refractivity contribution in [3.8, 4) is 5.75 Å². The second-order valence-electron chi connectivity index (χ2n) is 7.90. The number of fused-ring (bicyclic) bond motifs is 1. The Labute approximate surface area is 181 Å². The summed E-state index contributed by atoms with van der Waals surface area (Å²) in [5.74, 6) is 0.445. The van der Waals surface area contributed by atoms with Crippen molar-refractivity contribution in [3.05, 3.63) is 89.2 Å². The third-order valence-corrected chi connectivity index (χ3v) is 5.35. The molecular formula is C25H23N3O3. The Morgan fingerprint density at radius 2 is 1.65 bits per heavy atom. The number of hydrogen-bond acceptors (Lipinski definition) is 5. The highest BCUT2D eigenvalue weighted by Crippen LogP contribution is 2.37. The second kappa shape index (κ2) is 8.14. The van der Waals surface area contributed by atoms with Gasteiger partial charge in [-0.05, 0) is 55.8 Å². The highest BCUT2D eigenvalue weighted by atomic mass is 16.5. The number of carbonyl (C=O) groups is 2. The third-order valence-electron chi connectivity index (χ3n) is 5.35. The lowest BCUT2D eigenvalue weighted by Crippen LogP contribution is -2.13. The summed E-state index contributed by atoms with van der Waals surface area (Å²) >= 11 is 0. The van der Waals surface area contributed by atoms with E-state index in [1.807, 2.05) is 32.0 Å². The lowest BCUT2D eigenvalue weighted by atomic mass is 9.91. The molecule has 6 nitrogen and oxygen atoms in total. The van der Waals surface area contributed by atoms with Crippen LogP contribution in [0.25, 0.3) is 0 Å². The Morgan fingerprint density at radius 3 is 2.32 bits per heavy atom. The molecule has 0 saturated heterocycles. The predicted octanol–water partition coefficient (Wildman–Crippen LogP) is 4.65. The molecule has 6 heteroatoms. The van der Waals surface area contributed by atoms with Crippen LogP contribution < -0.4 is 10.1 Å². The first-order valence-electron chi connectivity index (χ1n) is 9.99. The van der Waals surface area contributed by atoms with E-state index in [1.54, 1.807) is 55.9 Å². The molecule has 1 aliphatic rings. The molecule has 3 aromatic rings. The summed E-state index contributed by atoms with van der Waals surface area (Å²) in [7, 11) is 1.62. The van der Waals surface area contributed by atoms with Crippen LogP contribution in [0.15, 0.2) is 72.0 Å². The van der Waals surface area contributed by atoms with Crippen molar-refractivity contribution >= 4 is 23.1 Å². The number of carbonyl (C=O) groups excluding carboxylic acids is 2. The third kappa shape index (κ3) is 4.23. The van der Waals surface area contributed by atoms with Crippen LogP contribution in [-0.2, 0) is 5.54 Å². The number of methoxy groups -OCH3 is 1. The number of aliphatic imine (C=N–C) groups is 1. The van der Waals surface area contributed by atoms with Gasteiger partial charge in [0.15, 0.2) is 5.78 Å². The maximum atomic E-state index is 12.9. The SMILES string of the molecule is COc1ccc2c(c1)C(CC(=O)c1ccc(C(=O)Nc3ccncc3)cc1)=NC2(C)C. The van der Waals surface area contributed by atoms with Crippen LogP contribution in [0.1, 0.15) is 52.1 Å². The zero-order valence-electron chi connectivity index (χ0n) is 17.7. The van der Waals surface area contributed by atoms with Gasteiger partial charge < -0.3 is 10.1 Å². The first-order valence-corrected chi connectivity index (χ1v) is 9.99. The van der Waals surface area contributed by atoms with Crippen LogP contribution in [-0.4, -0.2) is 29.5 Å². The molecule has 0 fully saturated rings. The Balaban J connectivity index is 1.49. The van der Waals surface area contributed by atoms with Crippen molar-refractivity contribution in [2.75, 3.05) is 12.4 Å². The van der Waals surface area contributed by atoms with E-state index in [0.717, 1.165) is 22.6 Å². The smallest absolute Gasteiger partial charge is 0.255 e. The van der Waals surface area contributed by atoms with Gasteiger partial charge in [-0.3, -0.25) is 19.6 Å². The van der Waals surface area contributed by atoms with Crippen LogP contribution in [0.4, 0.5) is 5.69 Å². The van der Waals surface area contributed by atoms with Crippen LogP contribution in [0.5, 0.6) is 5.75 Å². The van der Waals surface area contributed by atoms with Gasteiger partial charge in [-0.15, -0.1) is 0 Å². The Kier molecular flexibility index (Phi) is 5.38. The van der Waals surface area contributed by atoms with E-state index in [0.29, 0.717) is 16.8 Å². The van der Waals surface area contributed by atoms with Crippen LogP contribution in [0.2, 0.25) is 0 Å². The maximum Gasteiger partial charge on any atom is 0.255 e. The number of pyridine rings is 1. The first-order chi connectivity index (χ1) is 14.9. The van der Waals surface area contributed by atoms with Crippen molar-refractivity contribution in [1.29, 1.82) is 0 Å². The van der Waals surface area contributed by atoms with Crippen LogP contribution in [0, 0.1) is 0 Å². The predicted molar refractivity (Wildman–Crippen MR) is 120 cm³/mol. The molecule has 1 aromatic heterocycles. The molecule has 0 bridgehead atoms. The zero-order valence-corrected chi connectivity index (χ0v) is 17.7. The fraction of sp³-hybridized carbons (Fsp3) is 0.200. The highest BCUT2D eigenvalue weighted by Gasteiger charge is 2.32. The molecule has 0 spiro atoms. The summed E-state index contributed by atoms with van der Waals surface area (Å²) < 4.78 is 5.34. The van der Waals surface area contributed by atoms with Crippen molar-refractivity contribution < 1.29 is 14.3 Å². The maximum absolute atomic E-state index is 12.9. The number of ether oxygens (including phenoxy) is 1. The van der Waals surface area contributed by atoms with Gasteiger partial charge in [-0.2, -0.15) is 0 Å². The topological polar surface area (TPSA) is 80.7 Å². The van der Waals surface area contributed by atoms with Crippen LogP contribution >= 0.6 is 0 Å². The van der Waals surface area contributed by atoms with Crippen molar-refractivity contribution in [3.63, 3.8) is 0 Å². The number of Topliss-reactive ketones (excluding diaryl/α,β-unsaturated/α-hetero) is 1. The number of nitrogens with one attached hydrogen (secondary N) is 1. The molecule has 31 heavy (non-hydrogen) atoms. The molecular weight excluding hydrogens is 390 g/mol. The molecule has 2 heterocycles. The van der Waals surface area contributed by atoms with E-state index in [9.17, 15) is 9.59 Å². The van der Waals surface area contributed by atoms with Gasteiger partial charge in [-0.25, -0.2) is 0 Å². The monoisotopic (exact) mass is 413 g/mol. The van der Waals surface area contributed by atoms with E-state index in [4.69, 9.17) is 9.73 Å². The number of amides is 1. The number of benzene rings is 2. The standard InChI is InChI=1S/C25H23N3O3/c1-25(2)21-9-8-19(31-3)14-20(21)22(28-25)15-23(29)16-4-6-17(7-5-16)24(30)27-18-10-12-26-13-11-18/h4-14H,15H2,1-3H3,(H,26,27,30). The Morgan fingerprint density at radius 1 is 0.968 bits per heavy atom. The van der Waals surface area contributed by atoms with Gasteiger partial charge in [0.05, 0.1) is 24.8 Å². The summed E-state index contributed by atoms with van der Waals surface area (Å²) in [5.41, 5.74) is 4.08. The molecule has 2 aromatic carbocycles. The lowest BCUT2D eigenvalue weighted by molar-refractivity contribution is 0.0995. The number of rotatable bonds is 6. The van der Waals surface area contributed by atoms with Gasteiger partial charge in [0.1, 0.15) is 5.75 Å². The number of hydrogen-bond donors (Lipinski definition) is 1. The Bertz CT molecular complexity index is 1170. The fourth-order valence-electron chi connectivity index (χ4n) is 3.72. The summed E-state index contributed by atoms with van der Waals surface area (Å²) in [5, 5.41) is 2.80. The molecule has 0 unspecified atom stereocenters. The molecule has 1 aliphatic heterocycles. The van der Waals surface area contributed by atoms with Gasteiger partial charge in [-0.1, -0.05) is 18.2 Å². The van der Waals surface area contributed by atoms with E-state index < -0.39 is 0 Å². The average Bonchev–Trinajstić information content (AvgIpc) is 3.03. The normalized spacial score (nSPS) is 13.8. The minimum Gasteiger partial charge on any atom is -0.497 e. The van der Waals surface area contributed by atoms with Gasteiger partial charge in [0, 0.05) is 34.8 Å². The Hall–Kier alpha value is -3.80. The van der Waals surface area contributed by atoms with Gasteiger partial charge in [0.25, 0.3) is 5.91 Å². The molecule has 0 saturated carbocycles. The summed E-state index contributed by atoms with van der Waals surface area (Å²) in [6.45, 7) is 4.07. The molecule has 4 rings (SSSR count). The second-order valence-corrected chi connectivity index (χ2v) is 7.90. The number of nitrogens with zero attached hydrogens (tertiary/aromatic N) is 2. The van der Waals surface area contributed by atoms with E-state index in [1.165, 1.54) is 0 Å². The largest absolute Gasteiger partial charge is 0.497 e. The quantitative estimate of drug-likeness (QED) is 0.596. The molecule has 1 amide bonds. The van der Waals surface area contributed by atoms with Crippen molar-refractivity contribution in [1.82, 2.24) is 4.98 Å². The summed E-state index contributed by atoms with van der Waals surface area (Å²) in [4.78, 5) is 34.0. The zero-order chi connectivity index (χ0) is 22.0. The summed E-state index contributed by atoms with van der Waals surface area (Å²) in [6.07, 6.45) is 3.41. The van der Waals surface area contributed by atoms with E-state index in [2.05, 4.69) is 10.3 Å². The molecule has 0 radical (unpaired) electrons. The number of aromatic nitrogens is 1. The molecule has 156 valence electrons. The number of ketones is 1. The van der Waals surface area contributed by atoms with Gasteiger partial charge in [0.2, 0.25) is 0 Å². The van der Waals surface area contributed by atoms with Gasteiger partial charge >= 0.3 is 0 Å². The fourth-order valence-corrected chi connectivity index (χ4v) is 3.72. The van der Waals surface area contributed by atoms with Crippen LogP contribution in [0.3, 0.4) is 0 Å². The van der Waals surface area contributed by atoms with Crippen molar-refractivity contribution in [2.24, 2.45) is 4.99 Å². The highest BCUT2D eigenvalue weighted by molar-refractivity contribution is 6.18. The number of anilines is 1. The molecule has 1 N–H and O–H groups in total. The molecule has 0 aliphatic carbocycles. The molecule has 0 atom stereocenters. The lowest BCUT2D eigenvalue weighted by Gasteiger charge is -2.16. The van der Waals surface area contributed by atoms with E-state index in [-0.39, 0.29) is 23.7 Å².